The van der Waals surface area contributed by atoms with Crippen molar-refractivity contribution in [3.05, 3.63) is 66.2 Å². The van der Waals surface area contributed by atoms with Crippen LogP contribution in [-0.2, 0) is 14.6 Å². The molecular weight excluding hydrogens is 314 g/mol. The number of hydrogen-bond acceptors (Lipinski definition) is 4. The highest BCUT2D eigenvalue weighted by atomic mass is 32.2. The third-order valence-electron chi connectivity index (χ3n) is 3.49. The zero-order valence-corrected chi connectivity index (χ0v) is 13.2. The van der Waals surface area contributed by atoms with Gasteiger partial charge in [0.25, 0.3) is 0 Å². The molecule has 2 N–H and O–H groups in total. The molecule has 0 aromatic heterocycles. The topological polar surface area (TPSA) is 94.3 Å². The van der Waals surface area contributed by atoms with Crippen LogP contribution in [0.15, 0.2) is 65.6 Å². The summed E-state index contributed by atoms with van der Waals surface area (Å²) < 4.78 is 25.0. The molecule has 120 valence electrons. The van der Waals surface area contributed by atoms with Crippen LogP contribution >= 0.6 is 0 Å². The van der Waals surface area contributed by atoms with Gasteiger partial charge in [0, 0.05) is 12.0 Å². The quantitative estimate of drug-likeness (QED) is 0.785. The number of amides is 1. The number of ketones is 1. The Kier molecular flexibility index (Phi) is 5.28. The number of primary amides is 1. The third kappa shape index (κ3) is 4.04. The predicted octanol–water partition coefficient (Wildman–Crippen LogP) is 1.98. The second-order valence-electron chi connectivity index (χ2n) is 5.08. The van der Waals surface area contributed by atoms with Crippen LogP contribution in [0.25, 0.3) is 0 Å². The van der Waals surface area contributed by atoms with Gasteiger partial charge >= 0.3 is 0 Å². The molecule has 0 heterocycles. The van der Waals surface area contributed by atoms with Crippen LogP contribution in [0, 0.1) is 0 Å². The first-order valence-corrected chi connectivity index (χ1v) is 8.64. The van der Waals surface area contributed by atoms with E-state index in [2.05, 4.69) is 0 Å². The first-order valence-electron chi connectivity index (χ1n) is 7.09. The molecule has 0 spiro atoms. The van der Waals surface area contributed by atoms with E-state index in [1.807, 2.05) is 0 Å². The van der Waals surface area contributed by atoms with Gasteiger partial charge in [-0.1, -0.05) is 48.5 Å². The van der Waals surface area contributed by atoms with Gasteiger partial charge in [-0.25, -0.2) is 8.42 Å². The molecule has 0 saturated heterocycles. The average molecular weight is 331 g/mol. The fourth-order valence-corrected chi connectivity index (χ4v) is 3.85. The number of nitrogens with two attached hydrogens (primary N) is 1. The molecule has 0 aliphatic rings. The highest BCUT2D eigenvalue weighted by Gasteiger charge is 2.32. The van der Waals surface area contributed by atoms with Crippen LogP contribution in [0.5, 0.6) is 0 Å². The number of benzene rings is 2. The normalized spacial score (nSPS) is 12.5. The van der Waals surface area contributed by atoms with E-state index in [4.69, 9.17) is 5.73 Å². The maximum atomic E-state index is 12.5. The summed E-state index contributed by atoms with van der Waals surface area (Å²) in [4.78, 5) is 23.7. The number of hydrogen-bond donors (Lipinski definition) is 1. The van der Waals surface area contributed by atoms with Crippen LogP contribution in [0.4, 0.5) is 0 Å². The molecule has 23 heavy (non-hydrogen) atoms. The van der Waals surface area contributed by atoms with Crippen molar-refractivity contribution in [3.63, 3.8) is 0 Å². The van der Waals surface area contributed by atoms with E-state index < -0.39 is 21.0 Å². The molecule has 6 heteroatoms. The van der Waals surface area contributed by atoms with Crippen molar-refractivity contribution in [2.45, 2.75) is 23.0 Å². The summed E-state index contributed by atoms with van der Waals surface area (Å²) in [6.45, 7) is 0. The smallest absolute Gasteiger partial charge is 0.236 e. The lowest BCUT2D eigenvalue weighted by Crippen LogP contribution is -2.36. The monoisotopic (exact) mass is 331 g/mol. The van der Waals surface area contributed by atoms with Gasteiger partial charge in [-0.15, -0.1) is 0 Å². The summed E-state index contributed by atoms with van der Waals surface area (Å²) in [5.41, 5.74) is 5.74. The lowest BCUT2D eigenvalue weighted by molar-refractivity contribution is -0.117. The van der Waals surface area contributed by atoms with Gasteiger partial charge in [0.2, 0.25) is 5.91 Å². The molecule has 0 aliphatic carbocycles. The van der Waals surface area contributed by atoms with Crippen LogP contribution in [-0.4, -0.2) is 25.4 Å². The minimum absolute atomic E-state index is 0.0240. The molecule has 1 atom stereocenters. The zero-order valence-electron chi connectivity index (χ0n) is 12.4. The van der Waals surface area contributed by atoms with Gasteiger partial charge in [0.05, 0.1) is 4.90 Å². The van der Waals surface area contributed by atoms with E-state index in [9.17, 15) is 18.0 Å². The molecule has 0 bridgehead atoms. The van der Waals surface area contributed by atoms with Gasteiger partial charge in [0.15, 0.2) is 15.6 Å². The molecule has 1 amide bonds. The van der Waals surface area contributed by atoms with Crippen molar-refractivity contribution in [3.8, 4) is 0 Å². The maximum absolute atomic E-state index is 12.5. The molecule has 0 saturated carbocycles. The maximum Gasteiger partial charge on any atom is 0.236 e. The van der Waals surface area contributed by atoms with Crippen molar-refractivity contribution >= 4 is 21.5 Å². The van der Waals surface area contributed by atoms with Crippen LogP contribution < -0.4 is 5.73 Å². The van der Waals surface area contributed by atoms with Crippen LogP contribution in [0.1, 0.15) is 23.2 Å². The van der Waals surface area contributed by atoms with Crippen LogP contribution in [0.3, 0.4) is 0 Å². The van der Waals surface area contributed by atoms with Crippen molar-refractivity contribution < 1.29 is 18.0 Å². The number of carbonyl (C=O) groups excluding carboxylic acids is 2. The Morgan fingerprint density at radius 2 is 1.43 bits per heavy atom. The van der Waals surface area contributed by atoms with Crippen molar-refractivity contribution in [2.75, 3.05) is 0 Å². The number of carbonyl (C=O) groups is 2. The number of sulfone groups is 1. The average Bonchev–Trinajstić information content (AvgIpc) is 2.56. The fraction of sp³-hybridized carbons (Fsp3) is 0.176. The van der Waals surface area contributed by atoms with Crippen molar-refractivity contribution in [1.29, 1.82) is 0 Å². The minimum atomic E-state index is -3.90. The van der Waals surface area contributed by atoms with Gasteiger partial charge in [-0.2, -0.15) is 0 Å². The Balaban J connectivity index is 2.17. The molecule has 2 aromatic rings. The summed E-state index contributed by atoms with van der Waals surface area (Å²) >= 11 is 0. The Morgan fingerprint density at radius 3 is 1.96 bits per heavy atom. The van der Waals surface area contributed by atoms with Gasteiger partial charge in [0.1, 0.15) is 5.25 Å². The lowest BCUT2D eigenvalue weighted by Gasteiger charge is -2.14. The first kappa shape index (κ1) is 16.9. The van der Waals surface area contributed by atoms with Crippen molar-refractivity contribution in [1.82, 2.24) is 0 Å². The molecule has 2 aromatic carbocycles. The Labute approximate surface area is 135 Å². The Morgan fingerprint density at radius 1 is 0.913 bits per heavy atom. The fourth-order valence-electron chi connectivity index (χ4n) is 2.26. The van der Waals surface area contributed by atoms with Gasteiger partial charge < -0.3 is 5.73 Å². The number of rotatable bonds is 7. The minimum Gasteiger partial charge on any atom is -0.369 e. The van der Waals surface area contributed by atoms with E-state index >= 15 is 0 Å². The summed E-state index contributed by atoms with van der Waals surface area (Å²) in [6, 6.07) is 16.1. The van der Waals surface area contributed by atoms with E-state index in [0.29, 0.717) is 5.56 Å². The molecule has 0 fully saturated rings. The molecule has 1 unspecified atom stereocenters. The summed E-state index contributed by atoms with van der Waals surface area (Å²) in [7, 11) is -3.90. The van der Waals surface area contributed by atoms with E-state index in [1.54, 1.807) is 48.5 Å². The highest BCUT2D eigenvalue weighted by molar-refractivity contribution is 7.92. The lowest BCUT2D eigenvalue weighted by atomic mass is 10.1. The predicted molar refractivity (Wildman–Crippen MR) is 86.6 cm³/mol. The molecular formula is C17H17NO4S. The Hall–Kier alpha value is -2.47. The van der Waals surface area contributed by atoms with Gasteiger partial charge in [-0.3, -0.25) is 9.59 Å². The standard InChI is InChI=1S/C17H17NO4S/c18-17(20)16(23(21,22)14-9-5-2-6-10-14)12-11-15(19)13-7-3-1-4-8-13/h1-10,16H,11-12H2,(H2,18,20). The van der Waals surface area contributed by atoms with E-state index in [-0.39, 0.29) is 23.5 Å². The van der Waals surface area contributed by atoms with E-state index in [0.717, 1.165) is 0 Å². The third-order valence-corrected chi connectivity index (χ3v) is 5.64. The van der Waals surface area contributed by atoms with E-state index in [1.165, 1.54) is 12.1 Å². The molecule has 2 rings (SSSR count). The second-order valence-corrected chi connectivity index (χ2v) is 7.21. The Bertz CT molecular complexity index is 786. The summed E-state index contributed by atoms with van der Waals surface area (Å²) in [5, 5.41) is -1.42. The first-order chi connectivity index (χ1) is 10.9. The SMILES string of the molecule is NC(=O)C(CCC(=O)c1ccccc1)S(=O)(=O)c1ccccc1. The largest absolute Gasteiger partial charge is 0.369 e. The van der Waals surface area contributed by atoms with Gasteiger partial charge in [-0.05, 0) is 18.6 Å². The molecule has 0 aliphatic heterocycles. The van der Waals surface area contributed by atoms with Crippen LogP contribution in [0.2, 0.25) is 0 Å². The summed E-state index contributed by atoms with van der Waals surface area (Å²) in [5.74, 6) is -1.17. The number of Topliss-reactive ketones (excluding diaryl/α,β-unsaturated/α-hetero) is 1. The summed E-state index contributed by atoms with van der Waals surface area (Å²) in [6.07, 6.45) is -0.204. The second kappa shape index (κ2) is 7.19. The zero-order chi connectivity index (χ0) is 16.9. The molecule has 0 radical (unpaired) electrons. The highest BCUT2D eigenvalue weighted by Crippen LogP contribution is 2.20. The molecule has 5 nitrogen and oxygen atoms in total. The van der Waals surface area contributed by atoms with Crippen molar-refractivity contribution in [2.24, 2.45) is 5.73 Å².